The Balaban J connectivity index is 1.73. The van der Waals surface area contributed by atoms with E-state index in [1.165, 1.54) is 12.5 Å². The van der Waals surface area contributed by atoms with Crippen LogP contribution in [0.5, 0.6) is 0 Å². The van der Waals surface area contributed by atoms with Gasteiger partial charge in [0.15, 0.2) is 0 Å². The van der Waals surface area contributed by atoms with Gasteiger partial charge in [-0.05, 0) is 31.4 Å². The summed E-state index contributed by atoms with van der Waals surface area (Å²) in [5.74, 6) is -0.226. The molecule has 1 heterocycles. The fourth-order valence-corrected chi connectivity index (χ4v) is 4.36. The Labute approximate surface area is 141 Å². The molecule has 1 aliphatic rings. The van der Waals surface area contributed by atoms with Crippen molar-refractivity contribution in [1.82, 2.24) is 14.9 Å². The van der Waals surface area contributed by atoms with Crippen LogP contribution >= 0.6 is 0 Å². The number of hydrogen-bond donors (Lipinski definition) is 1. The number of rotatable bonds is 4. The normalized spacial score (nSPS) is 21.4. The van der Waals surface area contributed by atoms with Crippen LogP contribution in [0.4, 0.5) is 0 Å². The van der Waals surface area contributed by atoms with E-state index < -0.39 is 9.84 Å². The summed E-state index contributed by atoms with van der Waals surface area (Å²) in [5.41, 5.74) is 1.31. The number of nitrogens with zero attached hydrogens (tertiary/aromatic N) is 2. The SMILES string of the molecule is CS(=O)(=O)C1CCCC(NC(=O)c2cncn2-c2ccccc2)C1. The van der Waals surface area contributed by atoms with Crippen LogP contribution < -0.4 is 5.32 Å². The van der Waals surface area contributed by atoms with Gasteiger partial charge in [-0.1, -0.05) is 24.6 Å². The lowest BCUT2D eigenvalue weighted by Crippen LogP contribution is -2.42. The second-order valence-corrected chi connectivity index (χ2v) is 8.60. The summed E-state index contributed by atoms with van der Waals surface area (Å²) in [4.78, 5) is 16.7. The number of sulfone groups is 1. The van der Waals surface area contributed by atoms with Crippen molar-refractivity contribution in [3.05, 3.63) is 48.5 Å². The molecule has 2 aromatic rings. The van der Waals surface area contributed by atoms with Gasteiger partial charge in [-0.2, -0.15) is 0 Å². The molecule has 1 amide bonds. The molecule has 1 aromatic heterocycles. The minimum Gasteiger partial charge on any atom is -0.348 e. The second kappa shape index (κ2) is 6.76. The molecule has 24 heavy (non-hydrogen) atoms. The van der Waals surface area contributed by atoms with E-state index in [4.69, 9.17) is 0 Å². The van der Waals surface area contributed by atoms with Gasteiger partial charge in [0.25, 0.3) is 5.91 Å². The van der Waals surface area contributed by atoms with Crippen LogP contribution in [0.2, 0.25) is 0 Å². The van der Waals surface area contributed by atoms with Gasteiger partial charge >= 0.3 is 0 Å². The van der Waals surface area contributed by atoms with E-state index in [0.29, 0.717) is 18.5 Å². The summed E-state index contributed by atoms with van der Waals surface area (Å²) >= 11 is 0. The molecule has 3 rings (SSSR count). The molecule has 1 fully saturated rings. The zero-order valence-corrected chi connectivity index (χ0v) is 14.4. The highest BCUT2D eigenvalue weighted by Gasteiger charge is 2.30. The average Bonchev–Trinajstić information content (AvgIpc) is 3.05. The minimum absolute atomic E-state index is 0.120. The lowest BCUT2D eigenvalue weighted by molar-refractivity contribution is 0.0921. The summed E-state index contributed by atoms with van der Waals surface area (Å²) in [6.07, 6.45) is 7.16. The molecule has 0 saturated heterocycles. The van der Waals surface area contributed by atoms with E-state index in [-0.39, 0.29) is 17.2 Å². The third kappa shape index (κ3) is 3.67. The molecule has 0 radical (unpaired) electrons. The molecule has 7 heteroatoms. The molecule has 2 unspecified atom stereocenters. The van der Waals surface area contributed by atoms with Crippen LogP contribution in [-0.4, -0.2) is 41.4 Å². The summed E-state index contributed by atoms with van der Waals surface area (Å²) in [5, 5.41) is 2.60. The monoisotopic (exact) mass is 347 g/mol. The molecule has 0 spiro atoms. The number of aromatic nitrogens is 2. The summed E-state index contributed by atoms with van der Waals surface area (Å²) in [6.45, 7) is 0. The van der Waals surface area contributed by atoms with Crippen molar-refractivity contribution in [3.8, 4) is 5.69 Å². The highest BCUT2D eigenvalue weighted by atomic mass is 32.2. The van der Waals surface area contributed by atoms with Crippen molar-refractivity contribution in [2.45, 2.75) is 37.0 Å². The maximum atomic E-state index is 12.6. The highest BCUT2D eigenvalue weighted by Crippen LogP contribution is 2.24. The van der Waals surface area contributed by atoms with Crippen LogP contribution in [0.3, 0.4) is 0 Å². The van der Waals surface area contributed by atoms with Crippen LogP contribution in [-0.2, 0) is 9.84 Å². The van der Waals surface area contributed by atoms with E-state index in [1.807, 2.05) is 30.3 Å². The zero-order valence-electron chi connectivity index (χ0n) is 13.6. The molecule has 1 aliphatic carbocycles. The van der Waals surface area contributed by atoms with E-state index in [0.717, 1.165) is 18.5 Å². The fourth-order valence-electron chi connectivity index (χ4n) is 3.18. The largest absolute Gasteiger partial charge is 0.348 e. The molecule has 1 N–H and O–H groups in total. The van der Waals surface area contributed by atoms with Crippen molar-refractivity contribution in [3.63, 3.8) is 0 Å². The lowest BCUT2D eigenvalue weighted by atomic mass is 9.95. The number of nitrogens with one attached hydrogen (secondary N) is 1. The minimum atomic E-state index is -3.07. The number of benzene rings is 1. The molecule has 1 saturated carbocycles. The van der Waals surface area contributed by atoms with Gasteiger partial charge in [0.1, 0.15) is 15.5 Å². The van der Waals surface area contributed by atoms with E-state index in [9.17, 15) is 13.2 Å². The van der Waals surface area contributed by atoms with Crippen LogP contribution in [0.15, 0.2) is 42.9 Å². The Hall–Kier alpha value is -2.15. The quantitative estimate of drug-likeness (QED) is 0.917. The number of para-hydroxylation sites is 1. The van der Waals surface area contributed by atoms with Gasteiger partial charge in [-0.25, -0.2) is 13.4 Å². The standard InChI is InChI=1S/C17H21N3O3S/c1-24(22,23)15-9-5-6-13(10-15)19-17(21)16-11-18-12-20(16)14-7-3-2-4-8-14/h2-4,7-8,11-13,15H,5-6,9-10H2,1H3,(H,19,21). The van der Waals surface area contributed by atoms with Crippen LogP contribution in [0.25, 0.3) is 5.69 Å². The Morgan fingerprint density at radius 2 is 2.00 bits per heavy atom. The third-order valence-electron chi connectivity index (χ3n) is 4.47. The smallest absolute Gasteiger partial charge is 0.270 e. The van der Waals surface area contributed by atoms with E-state index >= 15 is 0 Å². The Kier molecular flexibility index (Phi) is 4.71. The van der Waals surface area contributed by atoms with E-state index in [2.05, 4.69) is 10.3 Å². The van der Waals surface area contributed by atoms with Gasteiger partial charge in [0.05, 0.1) is 17.8 Å². The first-order chi connectivity index (χ1) is 11.4. The first-order valence-electron chi connectivity index (χ1n) is 8.02. The van der Waals surface area contributed by atoms with Crippen molar-refractivity contribution in [2.24, 2.45) is 0 Å². The first kappa shape index (κ1) is 16.7. The van der Waals surface area contributed by atoms with Crippen LogP contribution in [0.1, 0.15) is 36.2 Å². The number of amides is 1. The second-order valence-electron chi connectivity index (χ2n) is 6.27. The Morgan fingerprint density at radius 3 is 2.71 bits per heavy atom. The molecule has 6 nitrogen and oxygen atoms in total. The zero-order chi connectivity index (χ0) is 17.2. The predicted octanol–water partition coefficient (Wildman–Crippen LogP) is 1.96. The maximum absolute atomic E-state index is 12.6. The number of carbonyl (C=O) groups excluding carboxylic acids is 1. The average molecular weight is 347 g/mol. The number of carbonyl (C=O) groups is 1. The molecule has 0 bridgehead atoms. The Morgan fingerprint density at radius 1 is 1.25 bits per heavy atom. The lowest BCUT2D eigenvalue weighted by Gasteiger charge is -2.28. The molecule has 1 aromatic carbocycles. The van der Waals surface area contributed by atoms with Crippen molar-refractivity contribution < 1.29 is 13.2 Å². The summed E-state index contributed by atoms with van der Waals surface area (Å²) in [6, 6.07) is 9.39. The van der Waals surface area contributed by atoms with Crippen molar-refractivity contribution in [1.29, 1.82) is 0 Å². The van der Waals surface area contributed by atoms with Gasteiger partial charge in [-0.3, -0.25) is 9.36 Å². The van der Waals surface area contributed by atoms with Crippen molar-refractivity contribution >= 4 is 15.7 Å². The van der Waals surface area contributed by atoms with Crippen molar-refractivity contribution in [2.75, 3.05) is 6.26 Å². The topological polar surface area (TPSA) is 81.1 Å². The van der Waals surface area contributed by atoms with Gasteiger partial charge < -0.3 is 5.32 Å². The summed E-state index contributed by atoms with van der Waals surface area (Å²) < 4.78 is 25.2. The predicted molar refractivity (Wildman–Crippen MR) is 91.9 cm³/mol. The van der Waals surface area contributed by atoms with Gasteiger partial charge in [0.2, 0.25) is 0 Å². The molecule has 2 atom stereocenters. The Bertz CT molecular complexity index is 815. The number of imidazole rings is 1. The highest BCUT2D eigenvalue weighted by molar-refractivity contribution is 7.91. The van der Waals surface area contributed by atoms with Gasteiger partial charge in [0, 0.05) is 18.0 Å². The number of hydrogen-bond acceptors (Lipinski definition) is 4. The maximum Gasteiger partial charge on any atom is 0.270 e. The summed E-state index contributed by atoms with van der Waals surface area (Å²) in [7, 11) is -3.07. The fraction of sp³-hybridized carbons (Fsp3) is 0.412. The van der Waals surface area contributed by atoms with Crippen LogP contribution in [0, 0.1) is 0 Å². The molecule has 128 valence electrons. The molecular weight excluding hydrogens is 326 g/mol. The molecular formula is C17H21N3O3S. The third-order valence-corrected chi connectivity index (χ3v) is 6.11. The first-order valence-corrected chi connectivity index (χ1v) is 9.98. The van der Waals surface area contributed by atoms with E-state index in [1.54, 1.807) is 10.9 Å². The van der Waals surface area contributed by atoms with Gasteiger partial charge in [-0.15, -0.1) is 0 Å². The molecule has 0 aliphatic heterocycles.